The number of carbonyl (C=O) groups excluding carboxylic acids is 1. The van der Waals surface area contributed by atoms with E-state index in [1.54, 1.807) is 12.1 Å². The van der Waals surface area contributed by atoms with Crippen LogP contribution < -0.4 is 11.5 Å². The van der Waals surface area contributed by atoms with Crippen LogP contribution in [0.1, 0.15) is 24.5 Å². The molecule has 0 radical (unpaired) electrons. The van der Waals surface area contributed by atoms with Crippen molar-refractivity contribution in [2.45, 2.75) is 19.6 Å². The van der Waals surface area contributed by atoms with Crippen LogP contribution in [-0.4, -0.2) is 12.5 Å². The molecule has 0 unspecified atom stereocenters. The van der Waals surface area contributed by atoms with Gasteiger partial charge < -0.3 is 20.6 Å². The molecule has 0 aliphatic rings. The van der Waals surface area contributed by atoms with Crippen molar-refractivity contribution in [1.29, 1.82) is 0 Å². The summed E-state index contributed by atoms with van der Waals surface area (Å²) in [6.45, 7) is 1.79. The van der Waals surface area contributed by atoms with Crippen LogP contribution >= 0.6 is 0 Å². The van der Waals surface area contributed by atoms with E-state index in [0.717, 1.165) is 0 Å². The smallest absolute Gasteiger partial charge is 0.303 e. The van der Waals surface area contributed by atoms with Crippen molar-refractivity contribution in [3.8, 4) is 0 Å². The van der Waals surface area contributed by atoms with E-state index in [1.165, 1.54) is 6.92 Å². The second-order valence-electron chi connectivity index (χ2n) is 2.93. The molecule has 1 aromatic rings. The lowest BCUT2D eigenvalue weighted by atomic mass is 10.2. The largest absolute Gasteiger partial charge is 0.461 e. The van der Waals surface area contributed by atoms with Gasteiger partial charge in [-0.3, -0.25) is 4.79 Å². The fourth-order valence-electron chi connectivity index (χ4n) is 0.960. The van der Waals surface area contributed by atoms with E-state index in [-0.39, 0.29) is 18.6 Å². The van der Waals surface area contributed by atoms with Gasteiger partial charge in [0.2, 0.25) is 0 Å². The fourth-order valence-corrected chi connectivity index (χ4v) is 0.960. The molecule has 0 saturated carbocycles. The van der Waals surface area contributed by atoms with Crippen molar-refractivity contribution in [1.82, 2.24) is 0 Å². The summed E-state index contributed by atoms with van der Waals surface area (Å²) < 4.78 is 10.1. The minimum absolute atomic E-state index is 0.132. The zero-order valence-electron chi connectivity index (χ0n) is 8.03. The molecule has 4 N–H and O–H groups in total. The van der Waals surface area contributed by atoms with Crippen LogP contribution in [0.15, 0.2) is 16.5 Å². The predicted molar refractivity (Wildman–Crippen MR) is 50.2 cm³/mol. The molecule has 1 aromatic heterocycles. The van der Waals surface area contributed by atoms with Crippen molar-refractivity contribution in [2.24, 2.45) is 11.5 Å². The van der Waals surface area contributed by atoms with E-state index in [2.05, 4.69) is 0 Å². The van der Waals surface area contributed by atoms with Crippen LogP contribution in [0, 0.1) is 0 Å². The standard InChI is InChI=1S/C9H14N2O3/c1-6(12)13-5-7-2-3-9(14-7)8(11)4-10/h2-3,8H,4-5,10-11H2,1H3/t8-/m1/s1. The molecule has 0 aromatic carbocycles. The van der Waals surface area contributed by atoms with E-state index in [1.807, 2.05) is 0 Å². The average molecular weight is 198 g/mol. The van der Waals surface area contributed by atoms with Crippen molar-refractivity contribution < 1.29 is 13.9 Å². The third-order valence-electron chi connectivity index (χ3n) is 1.72. The second-order valence-corrected chi connectivity index (χ2v) is 2.93. The first kappa shape index (κ1) is 10.7. The lowest BCUT2D eigenvalue weighted by Crippen LogP contribution is -2.19. The first-order valence-corrected chi connectivity index (χ1v) is 4.31. The molecule has 1 atom stereocenters. The Labute approximate surface area is 82.0 Å². The minimum atomic E-state index is -0.342. The molecule has 0 spiro atoms. The lowest BCUT2D eigenvalue weighted by Gasteiger charge is -2.03. The molecule has 5 nitrogen and oxygen atoms in total. The van der Waals surface area contributed by atoms with Gasteiger partial charge in [-0.25, -0.2) is 0 Å². The highest BCUT2D eigenvalue weighted by atomic mass is 16.5. The lowest BCUT2D eigenvalue weighted by molar-refractivity contribution is -0.142. The number of hydrogen-bond donors (Lipinski definition) is 2. The summed E-state index contributed by atoms with van der Waals surface area (Å²) in [5.74, 6) is 0.833. The normalized spacial score (nSPS) is 12.5. The first-order chi connectivity index (χ1) is 6.63. The van der Waals surface area contributed by atoms with Crippen molar-refractivity contribution in [2.75, 3.05) is 6.54 Å². The third-order valence-corrected chi connectivity index (χ3v) is 1.72. The zero-order chi connectivity index (χ0) is 10.6. The number of esters is 1. The molecule has 0 saturated heterocycles. The topological polar surface area (TPSA) is 91.5 Å². The maximum atomic E-state index is 10.5. The maximum Gasteiger partial charge on any atom is 0.303 e. The van der Waals surface area contributed by atoms with Crippen LogP contribution in [0.4, 0.5) is 0 Å². The number of carbonyl (C=O) groups is 1. The summed E-state index contributed by atoms with van der Waals surface area (Å²) in [5.41, 5.74) is 11.0. The quantitative estimate of drug-likeness (QED) is 0.679. The number of furan rings is 1. The third kappa shape index (κ3) is 2.86. The van der Waals surface area contributed by atoms with Gasteiger partial charge in [-0.05, 0) is 12.1 Å². The Morgan fingerprint density at radius 2 is 2.36 bits per heavy atom. The molecule has 0 bridgehead atoms. The van der Waals surface area contributed by atoms with Crippen molar-refractivity contribution in [3.63, 3.8) is 0 Å². The van der Waals surface area contributed by atoms with Crippen molar-refractivity contribution in [3.05, 3.63) is 23.7 Å². The summed E-state index contributed by atoms with van der Waals surface area (Å²) >= 11 is 0. The Morgan fingerprint density at radius 3 is 2.93 bits per heavy atom. The van der Waals surface area contributed by atoms with Gasteiger partial charge in [-0.2, -0.15) is 0 Å². The highest BCUT2D eigenvalue weighted by Gasteiger charge is 2.09. The van der Waals surface area contributed by atoms with Crippen LogP contribution in [0.5, 0.6) is 0 Å². The Bertz CT molecular complexity index is 309. The van der Waals surface area contributed by atoms with E-state index in [4.69, 9.17) is 20.6 Å². The zero-order valence-corrected chi connectivity index (χ0v) is 8.03. The van der Waals surface area contributed by atoms with E-state index in [0.29, 0.717) is 18.1 Å². The van der Waals surface area contributed by atoms with Crippen LogP contribution in [-0.2, 0) is 16.1 Å². The van der Waals surface area contributed by atoms with Crippen LogP contribution in [0.3, 0.4) is 0 Å². The summed E-state index contributed by atoms with van der Waals surface area (Å²) in [6.07, 6.45) is 0. The molecule has 14 heavy (non-hydrogen) atoms. The van der Waals surface area contributed by atoms with E-state index < -0.39 is 0 Å². The van der Waals surface area contributed by atoms with Gasteiger partial charge in [0.05, 0.1) is 6.04 Å². The van der Waals surface area contributed by atoms with Crippen LogP contribution in [0.2, 0.25) is 0 Å². The molecule has 0 aliphatic heterocycles. The maximum absolute atomic E-state index is 10.5. The van der Waals surface area contributed by atoms with Crippen LogP contribution in [0.25, 0.3) is 0 Å². The summed E-state index contributed by atoms with van der Waals surface area (Å²) in [7, 11) is 0. The summed E-state index contributed by atoms with van der Waals surface area (Å²) in [6, 6.07) is 3.14. The molecule has 0 amide bonds. The number of nitrogens with two attached hydrogens (primary N) is 2. The highest BCUT2D eigenvalue weighted by Crippen LogP contribution is 2.14. The summed E-state index contributed by atoms with van der Waals surface area (Å²) in [4.78, 5) is 10.5. The molecule has 0 fully saturated rings. The molecule has 1 heterocycles. The monoisotopic (exact) mass is 198 g/mol. The Kier molecular flexibility index (Phi) is 3.67. The second kappa shape index (κ2) is 4.78. The number of hydrogen-bond acceptors (Lipinski definition) is 5. The van der Waals surface area contributed by atoms with E-state index >= 15 is 0 Å². The fraction of sp³-hybridized carbons (Fsp3) is 0.444. The highest BCUT2D eigenvalue weighted by molar-refractivity contribution is 5.65. The van der Waals surface area contributed by atoms with Gasteiger partial charge in [0.1, 0.15) is 18.1 Å². The number of rotatable bonds is 4. The Hall–Kier alpha value is -1.33. The van der Waals surface area contributed by atoms with Gasteiger partial charge in [-0.15, -0.1) is 0 Å². The average Bonchev–Trinajstić information content (AvgIpc) is 2.62. The van der Waals surface area contributed by atoms with Gasteiger partial charge >= 0.3 is 5.97 Å². The van der Waals surface area contributed by atoms with Crippen molar-refractivity contribution >= 4 is 5.97 Å². The van der Waals surface area contributed by atoms with Gasteiger partial charge in [-0.1, -0.05) is 0 Å². The molecule has 5 heteroatoms. The Balaban J connectivity index is 2.54. The molecule has 1 rings (SSSR count). The molecular formula is C9H14N2O3. The minimum Gasteiger partial charge on any atom is -0.461 e. The molecule has 78 valence electrons. The Morgan fingerprint density at radius 1 is 1.64 bits per heavy atom. The van der Waals surface area contributed by atoms with Gasteiger partial charge in [0.25, 0.3) is 0 Å². The van der Waals surface area contributed by atoms with Gasteiger partial charge in [0.15, 0.2) is 0 Å². The first-order valence-electron chi connectivity index (χ1n) is 4.31. The molecular weight excluding hydrogens is 184 g/mol. The molecule has 0 aliphatic carbocycles. The van der Waals surface area contributed by atoms with E-state index in [9.17, 15) is 4.79 Å². The SMILES string of the molecule is CC(=O)OCc1ccc([C@H](N)CN)o1. The summed E-state index contributed by atoms with van der Waals surface area (Å²) in [5, 5.41) is 0. The predicted octanol–water partition coefficient (Wildman–Crippen LogP) is 0.301. The number of ether oxygens (including phenoxy) is 1. The van der Waals surface area contributed by atoms with Gasteiger partial charge in [0, 0.05) is 13.5 Å².